The van der Waals surface area contributed by atoms with Gasteiger partial charge in [0, 0.05) is 5.57 Å². The second-order valence-corrected chi connectivity index (χ2v) is 27.1. The van der Waals surface area contributed by atoms with Crippen molar-refractivity contribution in [2.75, 3.05) is 26.4 Å². The minimum absolute atomic E-state index is 0.103. The quantitative estimate of drug-likeness (QED) is 0.0272. The molecule has 30 atom stereocenters. The molecule has 26 nitrogen and oxygen atoms in total. The maximum Gasteiger partial charge on any atom is 0.335 e. The molecule has 0 aromatic rings. The summed E-state index contributed by atoms with van der Waals surface area (Å²) in [5, 5.41) is 154. The zero-order chi connectivity index (χ0) is 61.7. The smallest absolute Gasteiger partial charge is 0.335 e. The van der Waals surface area contributed by atoms with Crippen LogP contribution >= 0.6 is 0 Å². The molecule has 4 saturated heterocycles. The summed E-state index contributed by atoms with van der Waals surface area (Å²) in [6.07, 6.45) is -32.0. The largest absolute Gasteiger partial charge is 0.479 e. The highest BCUT2D eigenvalue weighted by atomic mass is 16.8. The summed E-state index contributed by atoms with van der Waals surface area (Å²) in [7, 11) is 0. The molecule has 4 aliphatic heterocycles. The second-order valence-electron chi connectivity index (χ2n) is 27.1. The van der Waals surface area contributed by atoms with E-state index in [1.54, 1.807) is 26.8 Å². The van der Waals surface area contributed by atoms with Crippen LogP contribution in [0, 0.1) is 50.2 Å². The van der Waals surface area contributed by atoms with Crippen LogP contribution < -0.4 is 0 Å². The second kappa shape index (κ2) is 24.2. The summed E-state index contributed by atoms with van der Waals surface area (Å²) in [5.74, 6) is -3.15. The predicted octanol–water partition coefficient (Wildman–Crippen LogP) is -2.19. The standard InChI is InChI=1S/C58H90O26/c1-9-24(2)48(75)79-34-18-53(3,4)16-26-25-10-11-31-54(5)14-13-33(55(6,22-61)30(54)12-15-56(31,7)57(25,8)17-32(64)58(26,34)23-62)80-52-46(84-50-41(71)39(69)37(67)29(20-60)78-50)43(42(72)44(82-52)47(73)74)81-51-45(35(65)27(63)21-76-51)83-49-40(70)38(68)36(66)28(19-59)77-49/h9-10,22,26-46,49-52,59-60,62-72H,11-21,23H2,1-8H3,(H,73,74). The van der Waals surface area contributed by atoms with Crippen LogP contribution in [-0.4, -0.2) is 251 Å². The van der Waals surface area contributed by atoms with E-state index in [2.05, 4.69) is 40.7 Å². The first-order valence-electron chi connectivity index (χ1n) is 29.4. The van der Waals surface area contributed by atoms with Crippen LogP contribution in [0.15, 0.2) is 23.3 Å². The van der Waals surface area contributed by atoms with E-state index in [1.165, 1.54) is 0 Å². The molecule has 0 amide bonds. The first-order chi connectivity index (χ1) is 39.4. The van der Waals surface area contributed by atoms with Crippen LogP contribution in [0.25, 0.3) is 0 Å². The van der Waals surface area contributed by atoms with E-state index in [0.717, 1.165) is 11.9 Å². The Hall–Kier alpha value is -2.75. The van der Waals surface area contributed by atoms with Crippen LogP contribution in [0.1, 0.15) is 107 Å². The first-order valence-corrected chi connectivity index (χ1v) is 29.4. The number of fused-ring (bicyclic) bond motifs is 7. The Balaban J connectivity index is 1.05. The highest BCUT2D eigenvalue weighted by Crippen LogP contribution is 2.76. The third-order valence-corrected chi connectivity index (χ3v) is 22.1. The summed E-state index contributed by atoms with van der Waals surface area (Å²) >= 11 is 0. The van der Waals surface area contributed by atoms with Crippen molar-refractivity contribution >= 4 is 18.2 Å². The van der Waals surface area contributed by atoms with Crippen molar-refractivity contribution in [3.05, 3.63) is 23.3 Å². The SMILES string of the molecule is CC=C(C)C(=O)OC1CC(C)(C)CC2C3=CCC4C5(C)CCC(OC6OC(C(=O)O)C(O)C(OC7OCC(O)C(O)C7OC7OC(CO)C(O)C(O)C7O)C6OC6OC(CO)C(O)C(O)C6O)C(C)(C=O)C5CCC4(C)C3(C)CC(O)C12CO. The third kappa shape index (κ3) is 10.7. The molecule has 5 aliphatic carbocycles. The van der Waals surface area contributed by atoms with Crippen molar-refractivity contribution in [1.29, 1.82) is 0 Å². The monoisotopic (exact) mass is 1200 g/mol. The van der Waals surface area contributed by atoms with Gasteiger partial charge < -0.3 is 119 Å². The maximum absolute atomic E-state index is 14.2. The predicted molar refractivity (Wildman–Crippen MR) is 284 cm³/mol. The number of aliphatic hydroxyl groups excluding tert-OH is 13. The number of hydrogen-bond acceptors (Lipinski definition) is 25. The van der Waals surface area contributed by atoms with Crippen molar-refractivity contribution < 1.29 is 129 Å². The van der Waals surface area contributed by atoms with Gasteiger partial charge in [-0.2, -0.15) is 0 Å². The summed E-state index contributed by atoms with van der Waals surface area (Å²) in [4.78, 5) is 40.7. The fourth-order valence-electron chi connectivity index (χ4n) is 16.9. The molecule has 30 unspecified atom stereocenters. The van der Waals surface area contributed by atoms with E-state index >= 15 is 0 Å². The van der Waals surface area contributed by atoms with Gasteiger partial charge in [-0.05, 0) is 105 Å². The molecule has 0 aromatic carbocycles. The molecule has 26 heteroatoms. The van der Waals surface area contributed by atoms with Gasteiger partial charge in [0.15, 0.2) is 31.3 Å². The Labute approximate surface area is 487 Å². The van der Waals surface area contributed by atoms with Crippen LogP contribution in [0.2, 0.25) is 0 Å². The Bertz CT molecular complexity index is 2440. The molecule has 9 rings (SSSR count). The van der Waals surface area contributed by atoms with Gasteiger partial charge in [-0.15, -0.1) is 0 Å². The summed E-state index contributed by atoms with van der Waals surface area (Å²) < 4.78 is 54.6. The highest BCUT2D eigenvalue weighted by molar-refractivity contribution is 5.87. The molecule has 84 heavy (non-hydrogen) atoms. The minimum atomic E-state index is -2.30. The van der Waals surface area contributed by atoms with Gasteiger partial charge in [0.05, 0.1) is 49.5 Å². The van der Waals surface area contributed by atoms with Crippen molar-refractivity contribution in [3.63, 3.8) is 0 Å². The van der Waals surface area contributed by atoms with Crippen LogP contribution in [0.4, 0.5) is 0 Å². The molecule has 0 aromatic heterocycles. The molecule has 0 bridgehead atoms. The number of allylic oxidation sites excluding steroid dienone is 3. The van der Waals surface area contributed by atoms with Crippen molar-refractivity contribution in [1.82, 2.24) is 0 Å². The number of hydrogen-bond donors (Lipinski definition) is 14. The number of esters is 1. The van der Waals surface area contributed by atoms with Crippen molar-refractivity contribution in [3.8, 4) is 0 Å². The molecule has 14 N–H and O–H groups in total. The van der Waals surface area contributed by atoms with Gasteiger partial charge in [0.1, 0.15) is 97.8 Å². The van der Waals surface area contributed by atoms with Crippen LogP contribution in [0.3, 0.4) is 0 Å². The number of aliphatic hydroxyl groups is 13. The molecule has 478 valence electrons. The lowest BCUT2D eigenvalue weighted by atomic mass is 9.33. The third-order valence-electron chi connectivity index (χ3n) is 22.1. The van der Waals surface area contributed by atoms with E-state index < -0.39 is 206 Å². The molecular formula is C58H90O26. The van der Waals surface area contributed by atoms with Gasteiger partial charge in [-0.1, -0.05) is 59.3 Å². The lowest BCUT2D eigenvalue weighted by Gasteiger charge is -2.72. The average molecular weight is 1200 g/mol. The Kier molecular flexibility index (Phi) is 18.9. The zero-order valence-electron chi connectivity index (χ0n) is 48.8. The van der Waals surface area contributed by atoms with Crippen molar-refractivity contribution in [2.24, 2.45) is 50.2 Å². The molecule has 0 spiro atoms. The molecule has 4 heterocycles. The fraction of sp³-hybridized carbons (Fsp3) is 0.879. The lowest BCUT2D eigenvalue weighted by molar-refractivity contribution is -0.400. The summed E-state index contributed by atoms with van der Waals surface area (Å²) in [6, 6.07) is 0. The van der Waals surface area contributed by atoms with Gasteiger partial charge >= 0.3 is 11.9 Å². The van der Waals surface area contributed by atoms with Crippen LogP contribution in [-0.2, 0) is 57.0 Å². The van der Waals surface area contributed by atoms with Gasteiger partial charge in [0.25, 0.3) is 0 Å². The lowest BCUT2D eigenvalue weighted by Crippen LogP contribution is -2.70. The zero-order valence-corrected chi connectivity index (χ0v) is 48.8. The van der Waals surface area contributed by atoms with E-state index in [1.807, 2.05) is 0 Å². The number of rotatable bonds is 15. The van der Waals surface area contributed by atoms with E-state index in [9.17, 15) is 85.9 Å². The Morgan fingerprint density at radius 2 is 1.25 bits per heavy atom. The van der Waals surface area contributed by atoms with E-state index in [4.69, 9.17) is 42.6 Å². The number of aldehydes is 1. The number of carboxylic acid groups (broad SMARTS) is 1. The summed E-state index contributed by atoms with van der Waals surface area (Å²) in [6.45, 7) is 13.1. The number of ether oxygens (including phenoxy) is 9. The molecule has 9 aliphatic rings. The average Bonchev–Trinajstić information content (AvgIpc) is 0.764. The van der Waals surface area contributed by atoms with Gasteiger partial charge in [-0.25, -0.2) is 9.59 Å². The van der Waals surface area contributed by atoms with Gasteiger partial charge in [0.2, 0.25) is 0 Å². The molecule has 0 radical (unpaired) electrons. The number of aliphatic carboxylic acids is 1. The number of carbonyl (C=O) groups excluding carboxylic acids is 2. The number of carboxylic acids is 1. The summed E-state index contributed by atoms with van der Waals surface area (Å²) in [5.41, 5.74) is -3.14. The maximum atomic E-state index is 14.2. The topological polar surface area (TPSA) is 418 Å². The minimum Gasteiger partial charge on any atom is -0.479 e. The highest BCUT2D eigenvalue weighted by Gasteiger charge is 2.73. The fourth-order valence-corrected chi connectivity index (χ4v) is 16.9. The normalized spacial score (nSPS) is 52.1. The first kappa shape index (κ1) is 65.7. The Morgan fingerprint density at radius 1 is 0.655 bits per heavy atom. The van der Waals surface area contributed by atoms with Gasteiger partial charge in [-0.3, -0.25) is 0 Å². The Morgan fingerprint density at radius 3 is 1.81 bits per heavy atom. The molecule has 8 fully saturated rings. The molecular weight excluding hydrogens is 1110 g/mol. The van der Waals surface area contributed by atoms with Crippen molar-refractivity contribution in [2.45, 2.75) is 242 Å². The van der Waals surface area contributed by atoms with E-state index in [-0.39, 0.29) is 30.1 Å². The van der Waals surface area contributed by atoms with Crippen LogP contribution in [0.5, 0.6) is 0 Å². The van der Waals surface area contributed by atoms with E-state index in [0.29, 0.717) is 44.1 Å². The number of carbonyl (C=O) groups is 3. The molecule has 4 saturated carbocycles.